The van der Waals surface area contributed by atoms with Crippen LogP contribution in [0.3, 0.4) is 0 Å². The van der Waals surface area contributed by atoms with Crippen LogP contribution < -0.4 is 5.32 Å². The number of rotatable bonds is 3. The van der Waals surface area contributed by atoms with Gasteiger partial charge in [0.2, 0.25) is 0 Å². The molecule has 1 unspecified atom stereocenters. The highest BCUT2D eigenvalue weighted by Crippen LogP contribution is 2.22. The molecule has 1 aliphatic rings. The highest BCUT2D eigenvalue weighted by Gasteiger charge is 2.10. The Morgan fingerprint density at radius 1 is 0.864 bits per heavy atom. The number of aliphatic imine (C=N–C) groups is 1. The van der Waals surface area contributed by atoms with Crippen LogP contribution in [0.2, 0.25) is 0 Å². The van der Waals surface area contributed by atoms with Crippen LogP contribution in [0.15, 0.2) is 59.6 Å². The summed E-state index contributed by atoms with van der Waals surface area (Å²) in [7, 11) is 0. The first-order chi connectivity index (χ1) is 10.8. The molecule has 2 aromatic rings. The molecule has 2 heteroatoms. The van der Waals surface area contributed by atoms with Gasteiger partial charge in [-0.1, -0.05) is 61.0 Å². The SMILES string of the molecule is CC(NC1=NCCCCC1)c1ccc(-c2ccccc2)cc1. The molecule has 1 N–H and O–H groups in total. The summed E-state index contributed by atoms with van der Waals surface area (Å²) in [5.41, 5.74) is 3.85. The molecule has 0 amide bonds. The molecular weight excluding hydrogens is 268 g/mol. The number of amidine groups is 1. The second kappa shape index (κ2) is 7.26. The fourth-order valence-electron chi connectivity index (χ4n) is 2.92. The third-order valence-corrected chi connectivity index (χ3v) is 4.28. The van der Waals surface area contributed by atoms with Gasteiger partial charge in [0.15, 0.2) is 0 Å². The van der Waals surface area contributed by atoms with Crippen molar-refractivity contribution in [3.05, 3.63) is 60.2 Å². The van der Waals surface area contributed by atoms with Gasteiger partial charge in [-0.05, 0) is 36.5 Å². The van der Waals surface area contributed by atoms with E-state index in [9.17, 15) is 0 Å². The third kappa shape index (κ3) is 3.76. The monoisotopic (exact) mass is 292 g/mol. The lowest BCUT2D eigenvalue weighted by Crippen LogP contribution is -2.26. The molecule has 0 bridgehead atoms. The molecule has 0 fully saturated rings. The summed E-state index contributed by atoms with van der Waals surface area (Å²) in [6.45, 7) is 3.19. The van der Waals surface area contributed by atoms with E-state index in [0.717, 1.165) is 13.0 Å². The van der Waals surface area contributed by atoms with E-state index in [1.54, 1.807) is 0 Å². The van der Waals surface area contributed by atoms with Crippen molar-refractivity contribution in [2.75, 3.05) is 6.54 Å². The van der Waals surface area contributed by atoms with Gasteiger partial charge in [-0.15, -0.1) is 0 Å². The van der Waals surface area contributed by atoms with E-state index in [2.05, 4.69) is 71.8 Å². The van der Waals surface area contributed by atoms with Crippen molar-refractivity contribution in [1.82, 2.24) is 5.32 Å². The Labute approximate surface area is 133 Å². The number of nitrogens with one attached hydrogen (secondary N) is 1. The lowest BCUT2D eigenvalue weighted by Gasteiger charge is -2.17. The molecule has 1 heterocycles. The summed E-state index contributed by atoms with van der Waals surface area (Å²) in [5, 5.41) is 3.58. The predicted molar refractivity (Wildman–Crippen MR) is 94.2 cm³/mol. The average Bonchev–Trinajstić information content (AvgIpc) is 2.84. The van der Waals surface area contributed by atoms with E-state index in [1.165, 1.54) is 41.8 Å². The molecule has 0 spiro atoms. The van der Waals surface area contributed by atoms with Crippen LogP contribution in [-0.4, -0.2) is 12.4 Å². The largest absolute Gasteiger partial charge is 0.367 e. The van der Waals surface area contributed by atoms with Gasteiger partial charge in [0.1, 0.15) is 0 Å². The molecular formula is C20H24N2. The first-order valence-electron chi connectivity index (χ1n) is 8.28. The minimum Gasteiger partial charge on any atom is -0.367 e. The second-order valence-electron chi connectivity index (χ2n) is 5.99. The van der Waals surface area contributed by atoms with Crippen LogP contribution in [0.25, 0.3) is 11.1 Å². The first kappa shape index (κ1) is 14.8. The van der Waals surface area contributed by atoms with Crippen LogP contribution >= 0.6 is 0 Å². The van der Waals surface area contributed by atoms with Crippen molar-refractivity contribution in [1.29, 1.82) is 0 Å². The smallest absolute Gasteiger partial charge is 0.0967 e. The zero-order chi connectivity index (χ0) is 15.2. The average molecular weight is 292 g/mol. The van der Waals surface area contributed by atoms with Crippen molar-refractivity contribution in [2.24, 2.45) is 4.99 Å². The molecule has 0 radical (unpaired) electrons. The summed E-state index contributed by atoms with van der Waals surface area (Å²) in [5.74, 6) is 1.18. The van der Waals surface area contributed by atoms with Gasteiger partial charge in [-0.25, -0.2) is 0 Å². The van der Waals surface area contributed by atoms with Gasteiger partial charge < -0.3 is 5.32 Å². The van der Waals surface area contributed by atoms with E-state index in [-0.39, 0.29) is 0 Å². The van der Waals surface area contributed by atoms with Crippen molar-refractivity contribution in [3.8, 4) is 11.1 Å². The third-order valence-electron chi connectivity index (χ3n) is 4.28. The molecule has 114 valence electrons. The highest BCUT2D eigenvalue weighted by atomic mass is 15.0. The minimum atomic E-state index is 0.307. The molecule has 0 saturated carbocycles. The summed E-state index contributed by atoms with van der Waals surface area (Å²) in [4.78, 5) is 4.66. The Bertz CT molecular complexity index is 614. The lowest BCUT2D eigenvalue weighted by molar-refractivity contribution is 0.693. The maximum absolute atomic E-state index is 4.66. The van der Waals surface area contributed by atoms with Gasteiger partial charge in [0, 0.05) is 19.0 Å². The Hall–Kier alpha value is -2.09. The number of hydrogen-bond donors (Lipinski definition) is 1. The molecule has 2 nitrogen and oxygen atoms in total. The Kier molecular flexibility index (Phi) is 4.89. The molecule has 1 atom stereocenters. The Morgan fingerprint density at radius 2 is 1.59 bits per heavy atom. The van der Waals surface area contributed by atoms with E-state index in [4.69, 9.17) is 0 Å². The van der Waals surface area contributed by atoms with E-state index >= 15 is 0 Å². The summed E-state index contributed by atoms with van der Waals surface area (Å²) in [6, 6.07) is 19.7. The van der Waals surface area contributed by atoms with Crippen LogP contribution in [0.1, 0.15) is 44.2 Å². The number of benzene rings is 2. The van der Waals surface area contributed by atoms with Gasteiger partial charge in [0.25, 0.3) is 0 Å². The first-order valence-corrected chi connectivity index (χ1v) is 8.28. The maximum Gasteiger partial charge on any atom is 0.0967 e. The van der Waals surface area contributed by atoms with Gasteiger partial charge >= 0.3 is 0 Å². The molecule has 0 saturated heterocycles. The maximum atomic E-state index is 4.66. The van der Waals surface area contributed by atoms with Crippen molar-refractivity contribution < 1.29 is 0 Å². The van der Waals surface area contributed by atoms with Crippen LogP contribution in [-0.2, 0) is 0 Å². The quantitative estimate of drug-likeness (QED) is 0.848. The van der Waals surface area contributed by atoms with Gasteiger partial charge in [-0.3, -0.25) is 4.99 Å². The van der Waals surface area contributed by atoms with Gasteiger partial charge in [-0.2, -0.15) is 0 Å². The molecule has 0 aromatic heterocycles. The molecule has 3 rings (SSSR count). The summed E-state index contributed by atoms with van der Waals surface area (Å²) < 4.78 is 0. The highest BCUT2D eigenvalue weighted by molar-refractivity contribution is 5.82. The lowest BCUT2D eigenvalue weighted by atomic mass is 10.0. The van der Waals surface area contributed by atoms with E-state index < -0.39 is 0 Å². The fraction of sp³-hybridized carbons (Fsp3) is 0.350. The van der Waals surface area contributed by atoms with E-state index in [0.29, 0.717) is 6.04 Å². The van der Waals surface area contributed by atoms with Crippen molar-refractivity contribution in [3.63, 3.8) is 0 Å². The number of hydrogen-bond acceptors (Lipinski definition) is 2. The molecule has 0 aliphatic carbocycles. The second-order valence-corrected chi connectivity index (χ2v) is 5.99. The topological polar surface area (TPSA) is 24.4 Å². The number of nitrogens with zero attached hydrogens (tertiary/aromatic N) is 1. The Morgan fingerprint density at radius 3 is 2.36 bits per heavy atom. The van der Waals surface area contributed by atoms with Crippen LogP contribution in [0.4, 0.5) is 0 Å². The van der Waals surface area contributed by atoms with Crippen LogP contribution in [0, 0.1) is 0 Å². The fourth-order valence-corrected chi connectivity index (χ4v) is 2.92. The molecule has 2 aromatic carbocycles. The summed E-state index contributed by atoms with van der Waals surface area (Å²) in [6.07, 6.45) is 4.87. The van der Waals surface area contributed by atoms with E-state index in [1.807, 2.05) is 0 Å². The molecule has 1 aliphatic heterocycles. The summed E-state index contributed by atoms with van der Waals surface area (Å²) >= 11 is 0. The van der Waals surface area contributed by atoms with Crippen LogP contribution in [0.5, 0.6) is 0 Å². The minimum absolute atomic E-state index is 0.307. The predicted octanol–water partition coefficient (Wildman–Crippen LogP) is 4.98. The van der Waals surface area contributed by atoms with Crippen molar-refractivity contribution in [2.45, 2.75) is 38.6 Å². The van der Waals surface area contributed by atoms with Crippen molar-refractivity contribution >= 4 is 5.84 Å². The normalized spacial score (nSPS) is 16.5. The zero-order valence-corrected chi connectivity index (χ0v) is 13.3. The van der Waals surface area contributed by atoms with Gasteiger partial charge in [0.05, 0.1) is 5.84 Å². The zero-order valence-electron chi connectivity index (χ0n) is 13.3. The standard InChI is InChI=1S/C20H24N2/c1-16(22-20-10-6-3-7-15-21-20)17-11-13-19(14-12-17)18-8-4-2-5-9-18/h2,4-5,8-9,11-14,16H,3,6-7,10,15H2,1H3,(H,21,22). The Balaban J connectivity index is 1.68. The molecule has 22 heavy (non-hydrogen) atoms.